The molecule has 0 spiro atoms. The van der Waals surface area contributed by atoms with Crippen molar-refractivity contribution in [2.24, 2.45) is 0 Å². The lowest BCUT2D eigenvalue weighted by Crippen LogP contribution is -2.01. The summed E-state index contributed by atoms with van der Waals surface area (Å²) < 4.78 is 11.7. The van der Waals surface area contributed by atoms with Crippen LogP contribution in [-0.4, -0.2) is 14.2 Å². The molecule has 2 aromatic carbocycles. The van der Waals surface area contributed by atoms with Crippen molar-refractivity contribution in [3.05, 3.63) is 57.6 Å². The zero-order valence-electron chi connectivity index (χ0n) is 12.3. The molecule has 0 saturated heterocycles. The van der Waals surface area contributed by atoms with E-state index in [0.717, 1.165) is 27.8 Å². The highest BCUT2D eigenvalue weighted by Crippen LogP contribution is 2.36. The van der Waals surface area contributed by atoms with Crippen LogP contribution in [0.25, 0.3) is 0 Å². The molecule has 0 radical (unpaired) electrons. The minimum Gasteiger partial charge on any atom is -0.493 e. The van der Waals surface area contributed by atoms with Gasteiger partial charge in [-0.3, -0.25) is 0 Å². The number of methoxy groups -OCH3 is 2. The maximum absolute atomic E-state index is 6.61. The van der Waals surface area contributed by atoms with Crippen LogP contribution in [0.15, 0.2) is 40.9 Å². The molecule has 112 valence electrons. The van der Waals surface area contributed by atoms with E-state index in [1.165, 1.54) is 5.56 Å². The fraction of sp³-hybridized carbons (Fsp3) is 0.294. The molecule has 1 atom stereocenters. The van der Waals surface area contributed by atoms with E-state index < -0.39 is 0 Å². The molecule has 0 heterocycles. The largest absolute Gasteiger partial charge is 0.493 e. The first-order valence-corrected chi connectivity index (χ1v) is 7.89. The topological polar surface area (TPSA) is 18.5 Å². The fourth-order valence-corrected chi connectivity index (χ4v) is 3.17. The van der Waals surface area contributed by atoms with Crippen molar-refractivity contribution < 1.29 is 9.47 Å². The SMILES string of the molecule is COc1cc(C)c(C(Cl)Cc2cccc(Br)c2)cc1OC. The summed E-state index contributed by atoms with van der Waals surface area (Å²) in [5.41, 5.74) is 3.36. The zero-order valence-corrected chi connectivity index (χ0v) is 14.7. The molecule has 21 heavy (non-hydrogen) atoms. The number of benzene rings is 2. The maximum atomic E-state index is 6.61. The van der Waals surface area contributed by atoms with Gasteiger partial charge in [-0.05, 0) is 54.3 Å². The van der Waals surface area contributed by atoms with Crippen molar-refractivity contribution in [2.75, 3.05) is 14.2 Å². The first kappa shape index (κ1) is 16.2. The van der Waals surface area contributed by atoms with Crippen LogP contribution in [0.2, 0.25) is 0 Å². The van der Waals surface area contributed by atoms with Crippen LogP contribution in [0.1, 0.15) is 22.1 Å². The molecule has 2 aromatic rings. The fourth-order valence-electron chi connectivity index (χ4n) is 2.31. The number of alkyl halides is 1. The Kier molecular flexibility index (Phi) is 5.54. The van der Waals surface area contributed by atoms with Crippen molar-refractivity contribution in [3.8, 4) is 11.5 Å². The Morgan fingerprint density at radius 1 is 1.10 bits per heavy atom. The Balaban J connectivity index is 2.28. The summed E-state index contributed by atoms with van der Waals surface area (Å²) in [6.07, 6.45) is 0.761. The van der Waals surface area contributed by atoms with Gasteiger partial charge in [0.1, 0.15) is 0 Å². The molecule has 2 rings (SSSR count). The van der Waals surface area contributed by atoms with Gasteiger partial charge < -0.3 is 9.47 Å². The van der Waals surface area contributed by atoms with Gasteiger partial charge in [-0.15, -0.1) is 11.6 Å². The van der Waals surface area contributed by atoms with E-state index in [-0.39, 0.29) is 5.38 Å². The summed E-state index contributed by atoms with van der Waals surface area (Å²) in [5, 5.41) is -0.112. The van der Waals surface area contributed by atoms with Gasteiger partial charge in [0.15, 0.2) is 11.5 Å². The standard InChI is InChI=1S/C17H18BrClO2/c1-11-7-16(20-2)17(21-3)10-14(11)15(19)9-12-5-4-6-13(18)8-12/h4-8,10,15H,9H2,1-3H3. The van der Waals surface area contributed by atoms with E-state index in [9.17, 15) is 0 Å². The van der Waals surface area contributed by atoms with Crippen molar-refractivity contribution in [1.82, 2.24) is 0 Å². The predicted octanol–water partition coefficient (Wildman–Crippen LogP) is 5.30. The van der Waals surface area contributed by atoms with Crippen LogP contribution in [0.5, 0.6) is 11.5 Å². The molecule has 0 aliphatic heterocycles. The number of halogens is 2. The number of rotatable bonds is 5. The van der Waals surface area contributed by atoms with Gasteiger partial charge in [-0.1, -0.05) is 28.1 Å². The van der Waals surface area contributed by atoms with Gasteiger partial charge in [-0.25, -0.2) is 0 Å². The van der Waals surface area contributed by atoms with Crippen LogP contribution < -0.4 is 9.47 Å². The minimum absolute atomic E-state index is 0.112. The monoisotopic (exact) mass is 368 g/mol. The Hall–Kier alpha value is -1.19. The van der Waals surface area contributed by atoms with Crippen LogP contribution >= 0.6 is 27.5 Å². The molecular formula is C17H18BrClO2. The molecule has 0 saturated carbocycles. The molecule has 0 amide bonds. The Morgan fingerprint density at radius 2 is 1.76 bits per heavy atom. The zero-order chi connectivity index (χ0) is 15.4. The summed E-state index contributed by atoms with van der Waals surface area (Å²) >= 11 is 10.1. The van der Waals surface area contributed by atoms with E-state index in [0.29, 0.717) is 5.75 Å². The summed E-state index contributed by atoms with van der Waals surface area (Å²) in [4.78, 5) is 0. The van der Waals surface area contributed by atoms with Crippen molar-refractivity contribution >= 4 is 27.5 Å². The first-order chi connectivity index (χ1) is 10.0. The maximum Gasteiger partial charge on any atom is 0.161 e. The van der Waals surface area contributed by atoms with Crippen LogP contribution in [0.4, 0.5) is 0 Å². The Bertz CT molecular complexity index is 628. The lowest BCUT2D eigenvalue weighted by molar-refractivity contribution is 0.354. The summed E-state index contributed by atoms with van der Waals surface area (Å²) in [6.45, 7) is 2.04. The van der Waals surface area contributed by atoms with Crippen LogP contribution in [0, 0.1) is 6.92 Å². The van der Waals surface area contributed by atoms with Crippen molar-refractivity contribution in [3.63, 3.8) is 0 Å². The van der Waals surface area contributed by atoms with Gasteiger partial charge in [0, 0.05) is 4.47 Å². The van der Waals surface area contributed by atoms with E-state index in [2.05, 4.69) is 28.1 Å². The lowest BCUT2D eigenvalue weighted by Gasteiger charge is -2.17. The molecule has 0 N–H and O–H groups in total. The van der Waals surface area contributed by atoms with E-state index in [1.807, 2.05) is 31.2 Å². The second-order valence-electron chi connectivity index (χ2n) is 4.87. The second-order valence-corrected chi connectivity index (χ2v) is 6.31. The Morgan fingerprint density at radius 3 is 2.38 bits per heavy atom. The molecular weight excluding hydrogens is 352 g/mol. The molecule has 0 aliphatic carbocycles. The quantitative estimate of drug-likeness (QED) is 0.666. The van der Waals surface area contributed by atoms with E-state index >= 15 is 0 Å². The molecule has 1 unspecified atom stereocenters. The highest BCUT2D eigenvalue weighted by Gasteiger charge is 2.16. The number of aryl methyl sites for hydroxylation is 1. The van der Waals surface area contributed by atoms with Gasteiger partial charge in [-0.2, -0.15) is 0 Å². The van der Waals surface area contributed by atoms with Crippen LogP contribution in [-0.2, 0) is 6.42 Å². The second kappa shape index (κ2) is 7.19. The summed E-state index contributed by atoms with van der Waals surface area (Å²) in [5.74, 6) is 1.43. The molecule has 4 heteroatoms. The molecule has 2 nitrogen and oxygen atoms in total. The third-order valence-corrected chi connectivity index (χ3v) is 4.30. The van der Waals surface area contributed by atoms with Crippen molar-refractivity contribution in [1.29, 1.82) is 0 Å². The van der Waals surface area contributed by atoms with Crippen LogP contribution in [0.3, 0.4) is 0 Å². The van der Waals surface area contributed by atoms with E-state index in [4.69, 9.17) is 21.1 Å². The molecule has 0 aliphatic rings. The average Bonchev–Trinajstić information content (AvgIpc) is 2.46. The third-order valence-electron chi connectivity index (χ3n) is 3.41. The average molecular weight is 370 g/mol. The minimum atomic E-state index is -0.112. The van der Waals surface area contributed by atoms with Gasteiger partial charge in [0.05, 0.1) is 19.6 Å². The third kappa shape index (κ3) is 3.92. The van der Waals surface area contributed by atoms with Gasteiger partial charge in [0.2, 0.25) is 0 Å². The summed E-state index contributed by atoms with van der Waals surface area (Å²) in [6, 6.07) is 12.1. The smallest absolute Gasteiger partial charge is 0.161 e. The number of hydrogen-bond donors (Lipinski definition) is 0. The predicted molar refractivity (Wildman–Crippen MR) is 90.7 cm³/mol. The molecule has 0 fully saturated rings. The molecule has 0 bridgehead atoms. The highest BCUT2D eigenvalue weighted by molar-refractivity contribution is 9.10. The highest BCUT2D eigenvalue weighted by atomic mass is 79.9. The normalized spacial score (nSPS) is 12.0. The lowest BCUT2D eigenvalue weighted by atomic mass is 9.99. The first-order valence-electron chi connectivity index (χ1n) is 6.66. The summed E-state index contributed by atoms with van der Waals surface area (Å²) in [7, 11) is 3.27. The number of ether oxygens (including phenoxy) is 2. The van der Waals surface area contributed by atoms with Crippen molar-refractivity contribution in [2.45, 2.75) is 18.7 Å². The molecule has 0 aromatic heterocycles. The number of hydrogen-bond acceptors (Lipinski definition) is 2. The van der Waals surface area contributed by atoms with Gasteiger partial charge in [0.25, 0.3) is 0 Å². The van der Waals surface area contributed by atoms with E-state index in [1.54, 1.807) is 14.2 Å². The Labute approximate surface area is 139 Å². The van der Waals surface area contributed by atoms with Gasteiger partial charge >= 0.3 is 0 Å².